The Hall–Kier alpha value is -1.28. The molecule has 0 fully saturated rings. The van der Waals surface area contributed by atoms with Crippen LogP contribution in [0.15, 0.2) is 22.6 Å². The van der Waals surface area contributed by atoms with Crippen LogP contribution in [0.25, 0.3) is 11.0 Å². The molecule has 0 bridgehead atoms. The Morgan fingerprint density at radius 3 is 2.58 bits per heavy atom. The van der Waals surface area contributed by atoms with Gasteiger partial charge in [-0.15, -0.1) is 0 Å². The first-order valence-electron chi connectivity index (χ1n) is 7.34. The van der Waals surface area contributed by atoms with E-state index >= 15 is 0 Å². The highest BCUT2D eigenvalue weighted by molar-refractivity contribution is 5.83. The molecule has 0 amide bonds. The van der Waals surface area contributed by atoms with Crippen LogP contribution in [0.2, 0.25) is 0 Å². The van der Waals surface area contributed by atoms with Gasteiger partial charge in [0.15, 0.2) is 0 Å². The van der Waals surface area contributed by atoms with Crippen molar-refractivity contribution in [3.63, 3.8) is 0 Å². The highest BCUT2D eigenvalue weighted by atomic mass is 16.3. The molecule has 0 spiro atoms. The number of nitrogens with one attached hydrogen (secondary N) is 1. The average molecular weight is 259 g/mol. The van der Waals surface area contributed by atoms with Gasteiger partial charge in [-0.1, -0.05) is 26.8 Å². The van der Waals surface area contributed by atoms with E-state index in [1.54, 1.807) is 0 Å². The Morgan fingerprint density at radius 1 is 1.21 bits per heavy atom. The molecule has 0 saturated heterocycles. The zero-order valence-electron chi connectivity index (χ0n) is 12.7. The van der Waals surface area contributed by atoms with Crippen LogP contribution in [0, 0.1) is 6.92 Å². The first-order chi connectivity index (χ1) is 9.08. The predicted octanol–water partition coefficient (Wildman–Crippen LogP) is 4.93. The van der Waals surface area contributed by atoms with Crippen LogP contribution in [0.3, 0.4) is 0 Å². The van der Waals surface area contributed by atoms with Crippen LogP contribution < -0.4 is 5.32 Å². The summed E-state index contributed by atoms with van der Waals surface area (Å²) in [6, 6.07) is 6.88. The van der Waals surface area contributed by atoms with Crippen molar-refractivity contribution in [3.05, 3.63) is 35.1 Å². The Labute approximate surface area is 116 Å². The topological polar surface area (TPSA) is 25.2 Å². The molecule has 1 heterocycles. The Kier molecular flexibility index (Phi) is 4.31. The molecule has 19 heavy (non-hydrogen) atoms. The Morgan fingerprint density at radius 2 is 1.95 bits per heavy atom. The van der Waals surface area contributed by atoms with E-state index in [0.29, 0.717) is 5.92 Å². The van der Waals surface area contributed by atoms with Gasteiger partial charge in [-0.05, 0) is 56.0 Å². The van der Waals surface area contributed by atoms with E-state index < -0.39 is 0 Å². The summed E-state index contributed by atoms with van der Waals surface area (Å²) in [5, 5.41) is 4.68. The van der Waals surface area contributed by atoms with E-state index in [4.69, 9.17) is 4.42 Å². The summed E-state index contributed by atoms with van der Waals surface area (Å²) in [5.74, 6) is 1.67. The van der Waals surface area contributed by atoms with E-state index in [-0.39, 0.29) is 6.04 Å². The van der Waals surface area contributed by atoms with Gasteiger partial charge in [0.2, 0.25) is 0 Å². The third-order valence-corrected chi connectivity index (χ3v) is 4.08. The van der Waals surface area contributed by atoms with E-state index in [9.17, 15) is 0 Å². The largest absolute Gasteiger partial charge is 0.459 e. The lowest BCUT2D eigenvalue weighted by Gasteiger charge is -2.10. The summed E-state index contributed by atoms with van der Waals surface area (Å²) in [6.45, 7) is 11.9. The summed E-state index contributed by atoms with van der Waals surface area (Å²) in [4.78, 5) is 0. The third-order valence-electron chi connectivity index (χ3n) is 4.08. The summed E-state index contributed by atoms with van der Waals surface area (Å²) >= 11 is 0. The minimum absolute atomic E-state index is 0.268. The van der Waals surface area contributed by atoms with Crippen LogP contribution in [0.1, 0.15) is 63.0 Å². The van der Waals surface area contributed by atoms with Crippen LogP contribution in [-0.4, -0.2) is 6.54 Å². The summed E-state index contributed by atoms with van der Waals surface area (Å²) in [5.41, 5.74) is 3.68. The molecule has 2 nitrogen and oxygen atoms in total. The standard InChI is InChI=1S/C17H25NO/c1-6-11(3)14-8-9-16-15(10-14)12(4)17(19-16)13(5)18-7-2/h8-11,13,18H,6-7H2,1-5H3. The molecule has 2 heteroatoms. The van der Waals surface area contributed by atoms with Gasteiger partial charge in [0.05, 0.1) is 6.04 Å². The van der Waals surface area contributed by atoms with Crippen molar-refractivity contribution >= 4 is 11.0 Å². The Bertz CT molecular complexity index is 556. The zero-order chi connectivity index (χ0) is 14.0. The fourth-order valence-corrected chi connectivity index (χ4v) is 2.61. The van der Waals surface area contributed by atoms with Gasteiger partial charge in [-0.3, -0.25) is 0 Å². The van der Waals surface area contributed by atoms with Crippen molar-refractivity contribution in [3.8, 4) is 0 Å². The lowest BCUT2D eigenvalue weighted by molar-refractivity contribution is 0.456. The van der Waals surface area contributed by atoms with Gasteiger partial charge in [0.25, 0.3) is 0 Å². The molecule has 1 N–H and O–H groups in total. The summed E-state index contributed by atoms with van der Waals surface area (Å²) in [6.07, 6.45) is 1.17. The highest BCUT2D eigenvalue weighted by Gasteiger charge is 2.16. The molecule has 0 saturated carbocycles. The zero-order valence-corrected chi connectivity index (χ0v) is 12.7. The smallest absolute Gasteiger partial charge is 0.134 e. The monoisotopic (exact) mass is 259 g/mol. The SMILES string of the molecule is CCNC(C)c1oc2ccc(C(C)CC)cc2c1C. The van der Waals surface area contributed by atoms with Crippen LogP contribution in [0.4, 0.5) is 0 Å². The molecule has 2 unspecified atom stereocenters. The number of rotatable bonds is 5. The molecule has 0 aliphatic carbocycles. The first kappa shape index (κ1) is 14.1. The second-order valence-corrected chi connectivity index (χ2v) is 5.44. The third kappa shape index (κ3) is 2.69. The number of fused-ring (bicyclic) bond motifs is 1. The van der Waals surface area contributed by atoms with Crippen molar-refractivity contribution in [2.75, 3.05) is 6.54 Å². The molecular formula is C17H25NO. The van der Waals surface area contributed by atoms with Gasteiger partial charge in [0, 0.05) is 5.39 Å². The predicted molar refractivity (Wildman–Crippen MR) is 81.7 cm³/mol. The highest BCUT2D eigenvalue weighted by Crippen LogP contribution is 2.32. The fourth-order valence-electron chi connectivity index (χ4n) is 2.61. The van der Waals surface area contributed by atoms with Crippen molar-refractivity contribution in [1.29, 1.82) is 0 Å². The van der Waals surface area contributed by atoms with Gasteiger partial charge >= 0.3 is 0 Å². The number of benzene rings is 1. The second-order valence-electron chi connectivity index (χ2n) is 5.44. The molecule has 104 valence electrons. The number of hydrogen-bond donors (Lipinski definition) is 1. The van der Waals surface area contributed by atoms with Crippen LogP contribution >= 0.6 is 0 Å². The molecule has 0 aliphatic rings. The number of aryl methyl sites for hydroxylation is 1. The second kappa shape index (κ2) is 5.79. The maximum Gasteiger partial charge on any atom is 0.134 e. The van der Waals surface area contributed by atoms with E-state index in [0.717, 1.165) is 17.9 Å². The molecule has 2 aromatic rings. The van der Waals surface area contributed by atoms with Crippen LogP contribution in [0.5, 0.6) is 0 Å². The van der Waals surface area contributed by atoms with Gasteiger partial charge in [-0.25, -0.2) is 0 Å². The lowest BCUT2D eigenvalue weighted by atomic mass is 9.96. The van der Waals surface area contributed by atoms with Crippen molar-refractivity contribution in [2.45, 2.75) is 53.0 Å². The molecule has 2 rings (SSSR count). The molecule has 0 aliphatic heterocycles. The van der Waals surface area contributed by atoms with E-state index in [1.807, 2.05) is 0 Å². The van der Waals surface area contributed by atoms with Crippen molar-refractivity contribution in [1.82, 2.24) is 5.32 Å². The maximum absolute atomic E-state index is 6.02. The number of furan rings is 1. The summed E-state index contributed by atoms with van der Waals surface area (Å²) < 4.78 is 6.02. The van der Waals surface area contributed by atoms with Gasteiger partial charge in [-0.2, -0.15) is 0 Å². The van der Waals surface area contributed by atoms with Crippen molar-refractivity contribution < 1.29 is 4.42 Å². The molecule has 1 aromatic heterocycles. The molecule has 2 atom stereocenters. The maximum atomic E-state index is 6.02. The van der Waals surface area contributed by atoms with E-state index in [1.165, 1.54) is 22.9 Å². The summed E-state index contributed by atoms with van der Waals surface area (Å²) in [7, 11) is 0. The minimum Gasteiger partial charge on any atom is -0.459 e. The Balaban J connectivity index is 2.46. The lowest BCUT2D eigenvalue weighted by Crippen LogP contribution is -2.17. The fraction of sp³-hybridized carbons (Fsp3) is 0.529. The molecule has 0 radical (unpaired) electrons. The van der Waals surface area contributed by atoms with Gasteiger partial charge in [0.1, 0.15) is 11.3 Å². The first-order valence-corrected chi connectivity index (χ1v) is 7.34. The van der Waals surface area contributed by atoms with Crippen LogP contribution in [-0.2, 0) is 0 Å². The quantitative estimate of drug-likeness (QED) is 0.824. The van der Waals surface area contributed by atoms with Crippen molar-refractivity contribution in [2.24, 2.45) is 0 Å². The molecular weight excluding hydrogens is 234 g/mol. The number of hydrogen-bond acceptors (Lipinski definition) is 2. The minimum atomic E-state index is 0.268. The average Bonchev–Trinajstić information content (AvgIpc) is 2.75. The normalized spacial score (nSPS) is 14.8. The van der Waals surface area contributed by atoms with Gasteiger partial charge < -0.3 is 9.73 Å². The van der Waals surface area contributed by atoms with E-state index in [2.05, 4.69) is 58.1 Å². The molecule has 1 aromatic carbocycles.